The number of allylic oxidation sites excluding steroid dienone is 1. The molecule has 0 radical (unpaired) electrons. The van der Waals surface area contributed by atoms with Crippen molar-refractivity contribution >= 4 is 29.2 Å². The van der Waals surface area contributed by atoms with Gasteiger partial charge in [0, 0.05) is 17.4 Å². The third-order valence-electron chi connectivity index (χ3n) is 3.58. The summed E-state index contributed by atoms with van der Waals surface area (Å²) in [7, 11) is 0. The molecular weight excluding hydrogens is 352 g/mol. The number of esters is 1. The van der Waals surface area contributed by atoms with Gasteiger partial charge in [-0.05, 0) is 38.5 Å². The summed E-state index contributed by atoms with van der Waals surface area (Å²) < 4.78 is 10.3. The highest BCUT2D eigenvalue weighted by Crippen LogP contribution is 2.29. The van der Waals surface area contributed by atoms with Gasteiger partial charge in [0.2, 0.25) is 0 Å². The van der Waals surface area contributed by atoms with Crippen molar-refractivity contribution in [1.82, 2.24) is 0 Å². The fourth-order valence-electron chi connectivity index (χ4n) is 2.32. The SMILES string of the molecule is CCOC(=O)c1sc(CC(=O)/C(C#N)=C/c2ccc(C)o2)c(C#N)c1C. The molecule has 0 spiro atoms. The first-order chi connectivity index (χ1) is 12.4. The molecule has 2 rings (SSSR count). The lowest BCUT2D eigenvalue weighted by atomic mass is 10.0. The predicted octanol–water partition coefficient (Wildman–Crippen LogP) is 3.73. The maximum atomic E-state index is 12.5. The van der Waals surface area contributed by atoms with Crippen molar-refractivity contribution < 1.29 is 18.7 Å². The van der Waals surface area contributed by atoms with E-state index in [9.17, 15) is 20.1 Å². The number of ketones is 1. The summed E-state index contributed by atoms with van der Waals surface area (Å²) in [4.78, 5) is 25.2. The molecule has 0 aromatic carbocycles. The molecule has 0 N–H and O–H groups in total. The highest BCUT2D eigenvalue weighted by Gasteiger charge is 2.23. The number of ether oxygens (including phenoxy) is 1. The Hall–Kier alpha value is -3.16. The minimum Gasteiger partial charge on any atom is -0.462 e. The van der Waals surface area contributed by atoms with Gasteiger partial charge in [-0.3, -0.25) is 4.79 Å². The van der Waals surface area contributed by atoms with Crippen molar-refractivity contribution in [3.05, 3.63) is 50.1 Å². The van der Waals surface area contributed by atoms with Crippen LogP contribution in [0.15, 0.2) is 22.1 Å². The van der Waals surface area contributed by atoms with Crippen LogP contribution in [0.5, 0.6) is 0 Å². The van der Waals surface area contributed by atoms with Crippen molar-refractivity contribution in [2.75, 3.05) is 6.61 Å². The lowest BCUT2D eigenvalue weighted by Gasteiger charge is -1.98. The second-order valence-corrected chi connectivity index (χ2v) is 6.51. The molecule has 0 fully saturated rings. The van der Waals surface area contributed by atoms with Crippen LogP contribution in [0.4, 0.5) is 0 Å². The smallest absolute Gasteiger partial charge is 0.348 e. The number of hydrogen-bond acceptors (Lipinski definition) is 7. The van der Waals surface area contributed by atoms with Crippen LogP contribution in [0.1, 0.15) is 44.1 Å². The normalized spacial score (nSPS) is 10.9. The van der Waals surface area contributed by atoms with Crippen LogP contribution in [0.2, 0.25) is 0 Å². The molecule has 26 heavy (non-hydrogen) atoms. The average Bonchev–Trinajstić information content (AvgIpc) is 3.15. The molecule has 0 bridgehead atoms. The Morgan fingerprint density at radius 1 is 1.31 bits per heavy atom. The molecule has 6 nitrogen and oxygen atoms in total. The van der Waals surface area contributed by atoms with E-state index in [0.29, 0.717) is 26.8 Å². The van der Waals surface area contributed by atoms with E-state index in [2.05, 4.69) is 0 Å². The van der Waals surface area contributed by atoms with Crippen LogP contribution >= 0.6 is 11.3 Å². The highest BCUT2D eigenvalue weighted by molar-refractivity contribution is 7.14. The minimum absolute atomic E-state index is 0.0769. The van der Waals surface area contributed by atoms with Gasteiger partial charge >= 0.3 is 5.97 Å². The number of thiophene rings is 1. The number of aryl methyl sites for hydroxylation is 1. The van der Waals surface area contributed by atoms with Gasteiger partial charge in [-0.25, -0.2) is 4.79 Å². The molecule has 0 amide bonds. The number of carbonyl (C=O) groups is 2. The molecular formula is C19H16N2O4S. The van der Waals surface area contributed by atoms with E-state index < -0.39 is 11.8 Å². The summed E-state index contributed by atoms with van der Waals surface area (Å²) >= 11 is 1.05. The summed E-state index contributed by atoms with van der Waals surface area (Å²) in [5, 5.41) is 18.6. The van der Waals surface area contributed by atoms with Crippen molar-refractivity contribution in [3.63, 3.8) is 0 Å². The largest absolute Gasteiger partial charge is 0.462 e. The van der Waals surface area contributed by atoms with Crippen LogP contribution in [0, 0.1) is 36.5 Å². The highest BCUT2D eigenvalue weighted by atomic mass is 32.1. The number of furan rings is 1. The Morgan fingerprint density at radius 2 is 2.04 bits per heavy atom. The van der Waals surface area contributed by atoms with E-state index in [-0.39, 0.29) is 24.2 Å². The van der Waals surface area contributed by atoms with Crippen LogP contribution in [0.25, 0.3) is 6.08 Å². The molecule has 0 aliphatic carbocycles. The molecule has 0 aliphatic heterocycles. The molecule has 0 atom stereocenters. The van der Waals surface area contributed by atoms with Crippen LogP contribution in [-0.4, -0.2) is 18.4 Å². The zero-order valence-corrected chi connectivity index (χ0v) is 15.4. The summed E-state index contributed by atoms with van der Waals surface area (Å²) in [6.07, 6.45) is 1.22. The summed E-state index contributed by atoms with van der Waals surface area (Å²) in [5.41, 5.74) is 0.687. The van der Waals surface area contributed by atoms with Gasteiger partial charge in [0.15, 0.2) is 5.78 Å². The Kier molecular flexibility index (Phi) is 6.11. The molecule has 0 saturated heterocycles. The van der Waals surface area contributed by atoms with Crippen molar-refractivity contribution in [2.24, 2.45) is 0 Å². The maximum absolute atomic E-state index is 12.5. The lowest BCUT2D eigenvalue weighted by Crippen LogP contribution is -2.05. The van der Waals surface area contributed by atoms with Gasteiger partial charge in [0.25, 0.3) is 0 Å². The molecule has 7 heteroatoms. The molecule has 132 valence electrons. The van der Waals surface area contributed by atoms with Gasteiger partial charge in [0.05, 0.1) is 17.7 Å². The molecule has 0 unspecified atom stereocenters. The van der Waals surface area contributed by atoms with Crippen molar-refractivity contribution in [2.45, 2.75) is 27.2 Å². The van der Waals surface area contributed by atoms with E-state index in [0.717, 1.165) is 11.3 Å². The summed E-state index contributed by atoms with van der Waals surface area (Å²) in [5.74, 6) is 0.102. The number of Topliss-reactive ketones (excluding diaryl/α,β-unsaturated/α-hetero) is 1. The number of hydrogen-bond donors (Lipinski definition) is 0. The van der Waals surface area contributed by atoms with Gasteiger partial charge in [-0.1, -0.05) is 0 Å². The molecule has 2 heterocycles. The predicted molar refractivity (Wildman–Crippen MR) is 95.5 cm³/mol. The van der Waals surface area contributed by atoms with Gasteiger partial charge in [0.1, 0.15) is 28.5 Å². The summed E-state index contributed by atoms with van der Waals surface area (Å²) in [6.45, 7) is 5.31. The van der Waals surface area contributed by atoms with E-state index in [1.807, 2.05) is 12.1 Å². The molecule has 2 aromatic rings. The number of nitriles is 2. The maximum Gasteiger partial charge on any atom is 0.348 e. The average molecular weight is 368 g/mol. The number of carbonyl (C=O) groups excluding carboxylic acids is 2. The lowest BCUT2D eigenvalue weighted by molar-refractivity contribution is -0.114. The van der Waals surface area contributed by atoms with Gasteiger partial charge in [-0.15, -0.1) is 11.3 Å². The molecule has 0 aliphatic rings. The van der Waals surface area contributed by atoms with E-state index in [1.54, 1.807) is 32.9 Å². The number of nitrogens with zero attached hydrogens (tertiary/aromatic N) is 2. The fourth-order valence-corrected chi connectivity index (χ4v) is 3.47. The van der Waals surface area contributed by atoms with Gasteiger partial charge in [-0.2, -0.15) is 10.5 Å². The molecule has 0 saturated carbocycles. The Balaban J connectivity index is 2.32. The quantitative estimate of drug-likeness (QED) is 0.437. The topological polar surface area (TPSA) is 104 Å². The van der Waals surface area contributed by atoms with E-state index in [4.69, 9.17) is 9.15 Å². The minimum atomic E-state index is -0.521. The second-order valence-electron chi connectivity index (χ2n) is 5.40. The first-order valence-corrected chi connectivity index (χ1v) is 8.63. The van der Waals surface area contributed by atoms with Crippen LogP contribution in [-0.2, 0) is 16.0 Å². The van der Waals surface area contributed by atoms with Crippen LogP contribution in [0.3, 0.4) is 0 Å². The van der Waals surface area contributed by atoms with Crippen molar-refractivity contribution in [1.29, 1.82) is 10.5 Å². The third-order valence-corrected chi connectivity index (χ3v) is 4.85. The zero-order valence-electron chi connectivity index (χ0n) is 14.6. The van der Waals surface area contributed by atoms with Crippen LogP contribution < -0.4 is 0 Å². The first-order valence-electron chi connectivity index (χ1n) is 7.82. The second kappa shape index (κ2) is 8.28. The summed E-state index contributed by atoms with van der Waals surface area (Å²) in [6, 6.07) is 7.28. The Bertz CT molecular complexity index is 967. The van der Waals surface area contributed by atoms with E-state index >= 15 is 0 Å². The third kappa shape index (κ3) is 4.08. The zero-order chi connectivity index (χ0) is 19.3. The Morgan fingerprint density at radius 3 is 2.58 bits per heavy atom. The first kappa shape index (κ1) is 19.2. The number of rotatable bonds is 6. The Labute approximate surface area is 154 Å². The monoisotopic (exact) mass is 368 g/mol. The van der Waals surface area contributed by atoms with Gasteiger partial charge < -0.3 is 9.15 Å². The van der Waals surface area contributed by atoms with Crippen molar-refractivity contribution in [3.8, 4) is 12.1 Å². The van der Waals surface area contributed by atoms with E-state index in [1.165, 1.54) is 6.08 Å². The standard InChI is InChI=1S/C19H16N2O4S/c1-4-24-19(23)18-12(3)15(10-21)17(26-18)8-16(22)13(9-20)7-14-6-5-11(2)25-14/h5-7H,4,8H2,1-3H3/b13-7+. The fraction of sp³-hybridized carbons (Fsp3) is 0.263. The molecule has 2 aromatic heterocycles.